The van der Waals surface area contributed by atoms with E-state index in [9.17, 15) is 9.59 Å². The molecular weight excluding hydrogens is 372 g/mol. The minimum Gasteiger partial charge on any atom is -0.421 e. The van der Waals surface area contributed by atoms with Crippen LogP contribution < -0.4 is 15.8 Å². The first-order valence-electron chi connectivity index (χ1n) is 9.06. The highest BCUT2D eigenvalue weighted by Crippen LogP contribution is 2.25. The summed E-state index contributed by atoms with van der Waals surface area (Å²) in [6.07, 6.45) is 6.62. The number of rotatable bonds is 4. The third-order valence-corrected chi connectivity index (χ3v) is 4.88. The van der Waals surface area contributed by atoms with Crippen LogP contribution in [0.25, 0.3) is 16.8 Å². The fourth-order valence-corrected chi connectivity index (χ4v) is 3.26. The number of imidazole rings is 1. The quantitative estimate of drug-likeness (QED) is 0.532. The molecule has 144 valence electrons. The second-order valence-electron chi connectivity index (χ2n) is 6.78. The Balaban J connectivity index is 1.27. The molecule has 5 rings (SSSR count). The van der Waals surface area contributed by atoms with E-state index >= 15 is 0 Å². The Morgan fingerprint density at radius 3 is 2.79 bits per heavy atom. The summed E-state index contributed by atoms with van der Waals surface area (Å²) in [4.78, 5) is 39.2. The maximum absolute atomic E-state index is 12.6. The number of benzene rings is 1. The van der Waals surface area contributed by atoms with Gasteiger partial charge >= 0.3 is 5.63 Å². The number of anilines is 2. The first kappa shape index (κ1) is 17.1. The van der Waals surface area contributed by atoms with Gasteiger partial charge in [-0.25, -0.2) is 19.7 Å². The highest BCUT2D eigenvalue weighted by molar-refractivity contribution is 5.95. The van der Waals surface area contributed by atoms with Crippen molar-refractivity contribution >= 4 is 28.4 Å². The summed E-state index contributed by atoms with van der Waals surface area (Å²) in [5.41, 5.74) is 0.0772. The third-order valence-electron chi connectivity index (χ3n) is 4.88. The Kier molecular flexibility index (Phi) is 4.05. The van der Waals surface area contributed by atoms with Crippen LogP contribution >= 0.6 is 0 Å². The van der Waals surface area contributed by atoms with Gasteiger partial charge in [0.1, 0.15) is 35.6 Å². The van der Waals surface area contributed by atoms with E-state index in [4.69, 9.17) is 4.42 Å². The molecule has 0 radical (unpaired) electrons. The first-order chi connectivity index (χ1) is 14.2. The van der Waals surface area contributed by atoms with Crippen LogP contribution in [-0.4, -0.2) is 38.5 Å². The topological polar surface area (TPSA) is 106 Å². The number of fused-ring (bicyclic) bond motifs is 1. The summed E-state index contributed by atoms with van der Waals surface area (Å²) in [5, 5.41) is 3.45. The molecular formula is C20H16N6O3. The average Bonchev–Trinajstić information content (AvgIpc) is 3.23. The molecule has 1 saturated heterocycles. The molecule has 0 bridgehead atoms. The summed E-state index contributed by atoms with van der Waals surface area (Å²) in [7, 11) is 0. The zero-order valence-corrected chi connectivity index (χ0v) is 15.2. The van der Waals surface area contributed by atoms with Gasteiger partial charge in [-0.2, -0.15) is 0 Å². The molecule has 1 aliphatic heterocycles. The number of nitrogens with one attached hydrogen (secondary N) is 1. The Bertz CT molecular complexity index is 1240. The molecule has 0 aliphatic carbocycles. The Morgan fingerprint density at radius 2 is 1.97 bits per heavy atom. The van der Waals surface area contributed by atoms with Crippen molar-refractivity contribution in [1.29, 1.82) is 0 Å². The molecule has 0 saturated carbocycles. The van der Waals surface area contributed by atoms with Crippen LogP contribution in [0.1, 0.15) is 0 Å². The van der Waals surface area contributed by atoms with Gasteiger partial charge in [0.15, 0.2) is 0 Å². The van der Waals surface area contributed by atoms with E-state index in [-0.39, 0.29) is 17.5 Å². The predicted octanol–water partition coefficient (Wildman–Crippen LogP) is 1.84. The van der Waals surface area contributed by atoms with Crippen LogP contribution in [0.15, 0.2) is 70.7 Å². The molecule has 1 fully saturated rings. The van der Waals surface area contributed by atoms with Gasteiger partial charge in [-0.1, -0.05) is 18.2 Å². The number of hydrogen-bond donors (Lipinski definition) is 1. The van der Waals surface area contributed by atoms with E-state index in [1.807, 2.05) is 23.1 Å². The molecule has 3 aromatic heterocycles. The third kappa shape index (κ3) is 3.22. The number of carbonyl (C=O) groups excluding carboxylic acids is 1. The monoisotopic (exact) mass is 388 g/mol. The molecule has 29 heavy (non-hydrogen) atoms. The standard InChI is InChI=1S/C20H16N6O3/c27-19(24-15-7-13-3-1-2-4-16(13)29-20(15)28)14-9-26(10-14)18-8-17(22-11-23-18)25-6-5-21-12-25/h1-8,11-12,14H,9-10H2,(H,24,27). The average molecular weight is 388 g/mol. The second kappa shape index (κ2) is 6.86. The van der Waals surface area contributed by atoms with E-state index in [1.54, 1.807) is 41.5 Å². The van der Waals surface area contributed by atoms with E-state index in [2.05, 4.69) is 20.3 Å². The predicted molar refractivity (Wildman–Crippen MR) is 106 cm³/mol. The largest absolute Gasteiger partial charge is 0.421 e. The molecule has 4 aromatic rings. The van der Waals surface area contributed by atoms with Gasteiger partial charge in [-0.3, -0.25) is 9.36 Å². The highest BCUT2D eigenvalue weighted by atomic mass is 16.4. The zero-order chi connectivity index (χ0) is 19.8. The van der Waals surface area contributed by atoms with E-state index in [0.717, 1.165) is 11.2 Å². The maximum atomic E-state index is 12.6. The van der Waals surface area contributed by atoms with Crippen molar-refractivity contribution in [2.75, 3.05) is 23.3 Å². The molecule has 0 unspecified atom stereocenters. The smallest absolute Gasteiger partial charge is 0.360 e. The van der Waals surface area contributed by atoms with Gasteiger partial charge < -0.3 is 14.6 Å². The summed E-state index contributed by atoms with van der Waals surface area (Å²) >= 11 is 0. The van der Waals surface area contributed by atoms with Crippen LogP contribution in [0.5, 0.6) is 0 Å². The highest BCUT2D eigenvalue weighted by Gasteiger charge is 2.34. The summed E-state index contributed by atoms with van der Waals surface area (Å²) in [5.74, 6) is 0.979. The normalized spacial score (nSPS) is 14.0. The lowest BCUT2D eigenvalue weighted by Crippen LogP contribution is -2.52. The van der Waals surface area contributed by atoms with Crippen molar-refractivity contribution < 1.29 is 9.21 Å². The fraction of sp³-hybridized carbons (Fsp3) is 0.150. The van der Waals surface area contributed by atoms with E-state index in [0.29, 0.717) is 24.5 Å². The SMILES string of the molecule is O=C(Nc1cc2ccccc2oc1=O)C1CN(c2cc(-n3ccnc3)ncn2)C1. The van der Waals surface area contributed by atoms with Gasteiger partial charge in [-0.05, 0) is 12.1 Å². The summed E-state index contributed by atoms with van der Waals surface area (Å²) < 4.78 is 7.04. The van der Waals surface area contributed by atoms with E-state index in [1.165, 1.54) is 6.33 Å². The molecule has 0 spiro atoms. The van der Waals surface area contributed by atoms with Crippen molar-refractivity contribution in [3.8, 4) is 5.82 Å². The number of carbonyl (C=O) groups is 1. The summed E-state index contributed by atoms with van der Waals surface area (Å²) in [6, 6.07) is 10.7. The van der Waals surface area contributed by atoms with Gasteiger partial charge in [0.2, 0.25) is 5.91 Å². The lowest BCUT2D eigenvalue weighted by molar-refractivity contribution is -0.120. The number of para-hydroxylation sites is 1. The molecule has 9 heteroatoms. The minimum atomic E-state index is -0.561. The van der Waals surface area contributed by atoms with Crippen molar-refractivity contribution in [3.63, 3.8) is 0 Å². The Labute approximate surface area is 164 Å². The molecule has 0 atom stereocenters. The second-order valence-corrected chi connectivity index (χ2v) is 6.78. The van der Waals surface area contributed by atoms with Crippen LogP contribution in [0.3, 0.4) is 0 Å². The number of nitrogens with zero attached hydrogens (tertiary/aromatic N) is 5. The number of hydrogen-bond acceptors (Lipinski definition) is 7. The molecule has 9 nitrogen and oxygen atoms in total. The lowest BCUT2D eigenvalue weighted by atomic mass is 9.99. The number of aromatic nitrogens is 4. The van der Waals surface area contributed by atoms with Gasteiger partial charge in [0.25, 0.3) is 0 Å². The van der Waals surface area contributed by atoms with Crippen molar-refractivity contribution in [2.24, 2.45) is 5.92 Å². The van der Waals surface area contributed by atoms with Gasteiger partial charge in [-0.15, -0.1) is 0 Å². The molecule has 1 amide bonds. The van der Waals surface area contributed by atoms with Crippen LogP contribution in [0.4, 0.5) is 11.5 Å². The minimum absolute atomic E-state index is 0.150. The maximum Gasteiger partial charge on any atom is 0.360 e. The summed E-state index contributed by atoms with van der Waals surface area (Å²) in [6.45, 7) is 1.01. The molecule has 1 N–H and O–H groups in total. The Hall–Kier alpha value is -4.01. The van der Waals surface area contributed by atoms with Crippen LogP contribution in [0, 0.1) is 5.92 Å². The first-order valence-corrected chi connectivity index (χ1v) is 9.06. The van der Waals surface area contributed by atoms with E-state index < -0.39 is 5.63 Å². The number of amides is 1. The van der Waals surface area contributed by atoms with Crippen molar-refractivity contribution in [3.05, 3.63) is 71.9 Å². The molecule has 1 aromatic carbocycles. The Morgan fingerprint density at radius 1 is 1.14 bits per heavy atom. The van der Waals surface area contributed by atoms with Gasteiger partial charge in [0, 0.05) is 36.9 Å². The molecule has 1 aliphatic rings. The van der Waals surface area contributed by atoms with Crippen molar-refractivity contribution in [2.45, 2.75) is 0 Å². The molecule has 4 heterocycles. The van der Waals surface area contributed by atoms with Crippen LogP contribution in [-0.2, 0) is 4.79 Å². The van der Waals surface area contributed by atoms with Gasteiger partial charge in [0.05, 0.1) is 5.92 Å². The van der Waals surface area contributed by atoms with Crippen LogP contribution in [0.2, 0.25) is 0 Å². The zero-order valence-electron chi connectivity index (χ0n) is 15.2. The fourth-order valence-electron chi connectivity index (χ4n) is 3.26. The van der Waals surface area contributed by atoms with Crippen molar-refractivity contribution in [1.82, 2.24) is 19.5 Å². The lowest BCUT2D eigenvalue weighted by Gasteiger charge is -2.39.